The molecule has 2 heterocycles. The van der Waals surface area contributed by atoms with Gasteiger partial charge in [0, 0.05) is 23.3 Å². The predicted octanol–water partition coefficient (Wildman–Crippen LogP) is 2.34. The molecule has 0 atom stereocenters. The molecule has 1 saturated heterocycles. The third kappa shape index (κ3) is 2.44. The lowest BCUT2D eigenvalue weighted by Crippen LogP contribution is -2.40. The fourth-order valence-corrected chi connectivity index (χ4v) is 2.62. The third-order valence-electron chi connectivity index (χ3n) is 2.73. The minimum absolute atomic E-state index is 0.145. The fourth-order valence-electron chi connectivity index (χ4n) is 1.72. The first kappa shape index (κ1) is 11.6. The number of thiophene rings is 1. The normalized spacial score (nSPS) is 16.8. The number of hydrogen-bond acceptors (Lipinski definition) is 3. The summed E-state index contributed by atoms with van der Waals surface area (Å²) in [6, 6.07) is 2.02. The number of rotatable bonds is 2. The molecule has 0 radical (unpaired) electrons. The van der Waals surface area contributed by atoms with Gasteiger partial charge in [0.2, 0.25) is 0 Å². The Kier molecular flexibility index (Phi) is 3.61. The van der Waals surface area contributed by atoms with Gasteiger partial charge in [0.25, 0.3) is 5.91 Å². The van der Waals surface area contributed by atoms with Crippen LogP contribution in [-0.2, 0) is 4.74 Å². The highest BCUT2D eigenvalue weighted by Gasteiger charge is 2.19. The number of carbonyl (C=O) groups excluding carboxylic acids is 1. The Labute approximate surface area is 100 Å². The molecule has 4 heteroatoms. The van der Waals surface area contributed by atoms with Crippen molar-refractivity contribution in [2.75, 3.05) is 26.3 Å². The molecular formula is C12H17NO2S. The van der Waals surface area contributed by atoms with E-state index < -0.39 is 0 Å². The summed E-state index contributed by atoms with van der Waals surface area (Å²) in [7, 11) is 0. The van der Waals surface area contributed by atoms with Gasteiger partial charge in [0.05, 0.1) is 18.8 Å². The molecule has 0 unspecified atom stereocenters. The van der Waals surface area contributed by atoms with Crippen LogP contribution in [0, 0.1) is 0 Å². The Balaban J connectivity index is 2.07. The van der Waals surface area contributed by atoms with Crippen LogP contribution in [0.4, 0.5) is 0 Å². The molecule has 0 aromatic carbocycles. The predicted molar refractivity (Wildman–Crippen MR) is 65.1 cm³/mol. The first-order valence-electron chi connectivity index (χ1n) is 5.64. The van der Waals surface area contributed by atoms with Crippen molar-refractivity contribution < 1.29 is 9.53 Å². The lowest BCUT2D eigenvalue weighted by molar-refractivity contribution is 0.0303. The van der Waals surface area contributed by atoms with Crippen LogP contribution in [0.15, 0.2) is 11.4 Å². The molecule has 0 spiro atoms. The van der Waals surface area contributed by atoms with E-state index in [0.29, 0.717) is 32.2 Å². The molecule has 1 aromatic rings. The molecule has 1 amide bonds. The van der Waals surface area contributed by atoms with Crippen molar-refractivity contribution in [3.05, 3.63) is 21.9 Å². The summed E-state index contributed by atoms with van der Waals surface area (Å²) in [5.41, 5.74) is 0.829. The highest BCUT2D eigenvalue weighted by Crippen LogP contribution is 2.24. The zero-order valence-corrected chi connectivity index (χ0v) is 10.5. The topological polar surface area (TPSA) is 29.5 Å². The fraction of sp³-hybridized carbons (Fsp3) is 0.583. The van der Waals surface area contributed by atoms with Gasteiger partial charge in [-0.1, -0.05) is 13.8 Å². The zero-order valence-electron chi connectivity index (χ0n) is 9.73. The van der Waals surface area contributed by atoms with Crippen molar-refractivity contribution in [2.45, 2.75) is 19.8 Å². The van der Waals surface area contributed by atoms with E-state index in [1.165, 1.54) is 4.88 Å². The van der Waals surface area contributed by atoms with E-state index in [2.05, 4.69) is 13.8 Å². The Morgan fingerprint density at radius 1 is 1.44 bits per heavy atom. The lowest BCUT2D eigenvalue weighted by Gasteiger charge is -2.26. The average molecular weight is 239 g/mol. The summed E-state index contributed by atoms with van der Waals surface area (Å²) in [4.78, 5) is 15.3. The van der Waals surface area contributed by atoms with Crippen molar-refractivity contribution in [1.29, 1.82) is 0 Å². The van der Waals surface area contributed by atoms with Crippen LogP contribution in [0.5, 0.6) is 0 Å². The minimum Gasteiger partial charge on any atom is -0.378 e. The van der Waals surface area contributed by atoms with E-state index >= 15 is 0 Å². The van der Waals surface area contributed by atoms with E-state index in [4.69, 9.17) is 4.74 Å². The largest absolute Gasteiger partial charge is 0.378 e. The van der Waals surface area contributed by atoms with Crippen molar-refractivity contribution in [3.8, 4) is 0 Å². The van der Waals surface area contributed by atoms with Gasteiger partial charge < -0.3 is 9.64 Å². The van der Waals surface area contributed by atoms with Crippen LogP contribution in [0.2, 0.25) is 0 Å². The molecular weight excluding hydrogens is 222 g/mol. The highest BCUT2D eigenvalue weighted by atomic mass is 32.1. The van der Waals surface area contributed by atoms with Gasteiger partial charge in [0.15, 0.2) is 0 Å². The standard InChI is InChI=1S/C12H17NO2S/c1-9(2)11-7-10(8-16-11)12(14)13-3-5-15-6-4-13/h7-9H,3-6H2,1-2H3. The molecule has 1 aliphatic heterocycles. The van der Waals surface area contributed by atoms with Gasteiger partial charge in [-0.05, 0) is 12.0 Å². The molecule has 16 heavy (non-hydrogen) atoms. The Morgan fingerprint density at radius 3 is 2.69 bits per heavy atom. The van der Waals surface area contributed by atoms with E-state index in [0.717, 1.165) is 5.56 Å². The van der Waals surface area contributed by atoms with Crippen LogP contribution in [-0.4, -0.2) is 37.1 Å². The van der Waals surface area contributed by atoms with Crippen molar-refractivity contribution in [1.82, 2.24) is 4.90 Å². The quantitative estimate of drug-likeness (QED) is 0.793. The van der Waals surface area contributed by atoms with Gasteiger partial charge in [0.1, 0.15) is 0 Å². The van der Waals surface area contributed by atoms with Crippen molar-refractivity contribution >= 4 is 17.2 Å². The summed E-state index contributed by atoms with van der Waals surface area (Å²) in [5, 5.41) is 1.97. The summed E-state index contributed by atoms with van der Waals surface area (Å²) in [5.74, 6) is 0.641. The van der Waals surface area contributed by atoms with Gasteiger partial charge in [-0.2, -0.15) is 0 Å². The van der Waals surface area contributed by atoms with Crippen molar-refractivity contribution in [3.63, 3.8) is 0 Å². The van der Waals surface area contributed by atoms with Crippen LogP contribution in [0.25, 0.3) is 0 Å². The summed E-state index contributed by atoms with van der Waals surface area (Å²) in [6.07, 6.45) is 0. The second kappa shape index (κ2) is 4.97. The molecule has 0 bridgehead atoms. The maximum Gasteiger partial charge on any atom is 0.254 e. The summed E-state index contributed by atoms with van der Waals surface area (Å²) >= 11 is 1.67. The number of nitrogens with zero attached hydrogens (tertiary/aromatic N) is 1. The molecule has 88 valence electrons. The van der Waals surface area contributed by atoms with Crippen molar-refractivity contribution in [2.24, 2.45) is 0 Å². The average Bonchev–Trinajstić information content (AvgIpc) is 2.78. The van der Waals surface area contributed by atoms with Gasteiger partial charge in [-0.3, -0.25) is 4.79 Å². The smallest absolute Gasteiger partial charge is 0.254 e. The molecule has 0 N–H and O–H groups in total. The molecule has 1 aliphatic rings. The molecule has 3 nitrogen and oxygen atoms in total. The van der Waals surface area contributed by atoms with E-state index in [-0.39, 0.29) is 5.91 Å². The molecule has 1 fully saturated rings. The maximum atomic E-state index is 12.1. The first-order valence-corrected chi connectivity index (χ1v) is 6.52. The van der Waals surface area contributed by atoms with Crippen LogP contribution >= 0.6 is 11.3 Å². The first-order chi connectivity index (χ1) is 7.68. The van der Waals surface area contributed by atoms with Gasteiger partial charge >= 0.3 is 0 Å². The van der Waals surface area contributed by atoms with Crippen LogP contribution in [0.1, 0.15) is 35.0 Å². The summed E-state index contributed by atoms with van der Waals surface area (Å²) in [6.45, 7) is 7.04. The van der Waals surface area contributed by atoms with Crippen LogP contribution in [0.3, 0.4) is 0 Å². The highest BCUT2D eigenvalue weighted by molar-refractivity contribution is 7.10. The Morgan fingerprint density at radius 2 is 2.12 bits per heavy atom. The SMILES string of the molecule is CC(C)c1cc(C(=O)N2CCOCC2)cs1. The lowest BCUT2D eigenvalue weighted by atomic mass is 10.1. The van der Waals surface area contributed by atoms with Gasteiger partial charge in [-0.25, -0.2) is 0 Å². The van der Waals surface area contributed by atoms with Crippen LogP contribution < -0.4 is 0 Å². The van der Waals surface area contributed by atoms with E-state index in [1.54, 1.807) is 11.3 Å². The second-order valence-corrected chi connectivity index (χ2v) is 5.24. The molecule has 0 saturated carbocycles. The third-order valence-corrected chi connectivity index (χ3v) is 3.97. The van der Waals surface area contributed by atoms with E-state index in [1.807, 2.05) is 16.3 Å². The summed E-state index contributed by atoms with van der Waals surface area (Å²) < 4.78 is 5.24. The number of carbonyl (C=O) groups is 1. The van der Waals surface area contributed by atoms with E-state index in [9.17, 15) is 4.79 Å². The minimum atomic E-state index is 0.145. The number of hydrogen-bond donors (Lipinski definition) is 0. The molecule has 2 rings (SSSR count). The maximum absolute atomic E-state index is 12.1. The zero-order chi connectivity index (χ0) is 11.5. The molecule has 0 aliphatic carbocycles. The monoisotopic (exact) mass is 239 g/mol. The number of amides is 1. The second-order valence-electron chi connectivity index (χ2n) is 4.30. The van der Waals surface area contributed by atoms with Gasteiger partial charge in [-0.15, -0.1) is 11.3 Å². The number of ether oxygens (including phenoxy) is 1. The Hall–Kier alpha value is -0.870. The molecule has 1 aromatic heterocycles. The Bertz CT molecular complexity index is 367. The number of morpholine rings is 1.